The van der Waals surface area contributed by atoms with Crippen LogP contribution in [0.25, 0.3) is 0 Å². The summed E-state index contributed by atoms with van der Waals surface area (Å²) >= 11 is 3.34. The van der Waals surface area contributed by atoms with E-state index < -0.39 is 12.0 Å². The van der Waals surface area contributed by atoms with E-state index in [1.54, 1.807) is 6.07 Å². The fourth-order valence-electron chi connectivity index (χ4n) is 1.99. The molecule has 112 valence electrons. The van der Waals surface area contributed by atoms with Gasteiger partial charge in [-0.1, -0.05) is 26.7 Å². The van der Waals surface area contributed by atoms with E-state index in [-0.39, 0.29) is 5.91 Å². The molecule has 0 spiro atoms. The van der Waals surface area contributed by atoms with E-state index >= 15 is 0 Å². The van der Waals surface area contributed by atoms with Gasteiger partial charge in [-0.3, -0.25) is 4.79 Å². The third-order valence-corrected chi connectivity index (χ3v) is 3.44. The minimum Gasteiger partial charge on any atom is -0.480 e. The summed E-state index contributed by atoms with van der Waals surface area (Å²) in [5.74, 6) is -1.33. The number of nitrogens with one attached hydrogen (secondary N) is 1. The molecule has 0 fully saturated rings. The van der Waals surface area contributed by atoms with Crippen LogP contribution in [0.1, 0.15) is 50.0 Å². The average molecular weight is 345 g/mol. The van der Waals surface area contributed by atoms with Crippen LogP contribution in [0.4, 0.5) is 0 Å². The predicted molar refractivity (Wildman–Crippen MR) is 80.8 cm³/mol. The van der Waals surface area contributed by atoms with Crippen molar-refractivity contribution in [3.05, 3.63) is 22.4 Å². The molecule has 0 saturated heterocycles. The maximum atomic E-state index is 12.2. The predicted octanol–water partition coefficient (Wildman–Crippen LogP) is 3.03. The maximum Gasteiger partial charge on any atom is 0.326 e. The molecule has 2 N–H and O–H groups in total. The van der Waals surface area contributed by atoms with E-state index in [4.69, 9.17) is 5.11 Å². The van der Waals surface area contributed by atoms with Crippen molar-refractivity contribution >= 4 is 27.8 Å². The lowest BCUT2D eigenvalue weighted by atomic mass is 10.1. The van der Waals surface area contributed by atoms with Crippen molar-refractivity contribution in [2.45, 2.75) is 52.1 Å². The van der Waals surface area contributed by atoms with Crippen molar-refractivity contribution in [2.75, 3.05) is 0 Å². The molecule has 1 rings (SSSR count). The summed E-state index contributed by atoms with van der Waals surface area (Å²) in [7, 11) is 0. The molecule has 1 aromatic rings. The van der Waals surface area contributed by atoms with Crippen LogP contribution >= 0.6 is 15.9 Å². The summed E-state index contributed by atoms with van der Waals surface area (Å²) in [6, 6.07) is 0.884. The van der Waals surface area contributed by atoms with Crippen molar-refractivity contribution in [1.82, 2.24) is 9.88 Å². The number of halogens is 1. The Kier molecular flexibility index (Phi) is 6.78. The SMILES string of the molecule is CCCC[C@H](NC(=O)c1cc(Br)cn1CCC)C(=O)O. The molecule has 5 nitrogen and oxygen atoms in total. The molecule has 1 atom stereocenters. The third kappa shape index (κ3) is 4.67. The first-order valence-corrected chi connectivity index (χ1v) is 7.68. The van der Waals surface area contributed by atoms with Gasteiger partial charge in [0.25, 0.3) is 5.91 Å². The van der Waals surface area contributed by atoms with E-state index in [1.165, 1.54) is 0 Å². The zero-order valence-corrected chi connectivity index (χ0v) is 13.4. The number of carboxylic acid groups (broad SMARTS) is 1. The van der Waals surface area contributed by atoms with Crippen molar-refractivity contribution in [1.29, 1.82) is 0 Å². The van der Waals surface area contributed by atoms with Crippen LogP contribution in [0.5, 0.6) is 0 Å². The summed E-state index contributed by atoms with van der Waals surface area (Å²) < 4.78 is 2.65. The number of aromatic nitrogens is 1. The van der Waals surface area contributed by atoms with Crippen molar-refractivity contribution in [2.24, 2.45) is 0 Å². The van der Waals surface area contributed by atoms with Gasteiger partial charge < -0.3 is 15.0 Å². The molecule has 0 saturated carbocycles. The van der Waals surface area contributed by atoms with Crippen LogP contribution in [-0.2, 0) is 11.3 Å². The first kappa shape index (κ1) is 16.8. The number of nitrogens with zero attached hydrogens (tertiary/aromatic N) is 1. The summed E-state index contributed by atoms with van der Waals surface area (Å²) in [6.45, 7) is 4.74. The molecule has 6 heteroatoms. The Labute approximate surface area is 127 Å². The number of unbranched alkanes of at least 4 members (excludes halogenated alkanes) is 1. The number of hydrogen-bond donors (Lipinski definition) is 2. The summed E-state index contributed by atoms with van der Waals surface area (Å²) in [6.07, 6.45) is 4.86. The molecule has 0 bridgehead atoms. The number of carbonyl (C=O) groups is 2. The zero-order valence-electron chi connectivity index (χ0n) is 11.9. The fourth-order valence-corrected chi connectivity index (χ4v) is 2.45. The molecule has 1 aromatic heterocycles. The molecule has 0 aromatic carbocycles. The van der Waals surface area contributed by atoms with Crippen LogP contribution < -0.4 is 5.32 Å². The van der Waals surface area contributed by atoms with Gasteiger partial charge >= 0.3 is 5.97 Å². The van der Waals surface area contributed by atoms with Gasteiger partial charge in [0.05, 0.1) is 0 Å². The van der Waals surface area contributed by atoms with Gasteiger partial charge in [0, 0.05) is 17.2 Å². The van der Waals surface area contributed by atoms with Crippen LogP contribution in [0, 0.1) is 0 Å². The van der Waals surface area contributed by atoms with Crippen LogP contribution in [0.15, 0.2) is 16.7 Å². The molecule has 0 unspecified atom stereocenters. The topological polar surface area (TPSA) is 71.3 Å². The number of aliphatic carboxylic acids is 1. The number of rotatable bonds is 8. The number of aryl methyl sites for hydroxylation is 1. The smallest absolute Gasteiger partial charge is 0.326 e. The molecular formula is C14H21BrN2O3. The quantitative estimate of drug-likeness (QED) is 0.761. The van der Waals surface area contributed by atoms with E-state index in [0.29, 0.717) is 12.1 Å². The zero-order chi connectivity index (χ0) is 15.1. The number of carbonyl (C=O) groups excluding carboxylic acids is 1. The lowest BCUT2D eigenvalue weighted by Gasteiger charge is -2.15. The second-order valence-corrected chi connectivity index (χ2v) is 5.66. The Hall–Kier alpha value is -1.30. The summed E-state index contributed by atoms with van der Waals surface area (Å²) in [5, 5.41) is 11.7. The highest BCUT2D eigenvalue weighted by Gasteiger charge is 2.22. The third-order valence-electron chi connectivity index (χ3n) is 3.01. The van der Waals surface area contributed by atoms with Crippen molar-refractivity contribution < 1.29 is 14.7 Å². The highest BCUT2D eigenvalue weighted by molar-refractivity contribution is 9.10. The Morgan fingerprint density at radius 2 is 2.10 bits per heavy atom. The van der Waals surface area contributed by atoms with Gasteiger partial charge in [0.1, 0.15) is 11.7 Å². The molecule has 1 amide bonds. The molecule has 0 radical (unpaired) electrons. The summed E-state index contributed by atoms with van der Waals surface area (Å²) in [4.78, 5) is 23.4. The van der Waals surface area contributed by atoms with Gasteiger partial charge in [-0.15, -0.1) is 0 Å². The monoisotopic (exact) mass is 344 g/mol. The highest BCUT2D eigenvalue weighted by Crippen LogP contribution is 2.16. The average Bonchev–Trinajstić information content (AvgIpc) is 2.75. The van der Waals surface area contributed by atoms with Crippen LogP contribution in [0.2, 0.25) is 0 Å². The lowest BCUT2D eigenvalue weighted by molar-refractivity contribution is -0.139. The first-order valence-electron chi connectivity index (χ1n) is 6.88. The molecule has 1 heterocycles. The first-order chi connectivity index (χ1) is 9.49. The fraction of sp³-hybridized carbons (Fsp3) is 0.571. The number of hydrogen-bond acceptors (Lipinski definition) is 2. The molecular weight excluding hydrogens is 324 g/mol. The van der Waals surface area contributed by atoms with Crippen LogP contribution in [-0.4, -0.2) is 27.6 Å². The van der Waals surface area contributed by atoms with Crippen molar-refractivity contribution in [3.63, 3.8) is 0 Å². The van der Waals surface area contributed by atoms with Crippen molar-refractivity contribution in [3.8, 4) is 0 Å². The lowest BCUT2D eigenvalue weighted by Crippen LogP contribution is -2.41. The Morgan fingerprint density at radius 3 is 2.65 bits per heavy atom. The molecule has 0 aliphatic carbocycles. The Bertz CT molecular complexity index is 471. The number of amides is 1. The van der Waals surface area contributed by atoms with Gasteiger partial charge in [-0.05, 0) is 34.8 Å². The summed E-state index contributed by atoms with van der Waals surface area (Å²) in [5.41, 5.74) is 0.487. The van der Waals surface area contributed by atoms with Gasteiger partial charge in [-0.25, -0.2) is 4.79 Å². The van der Waals surface area contributed by atoms with Gasteiger partial charge in [0.15, 0.2) is 0 Å². The Balaban J connectivity index is 2.80. The molecule has 20 heavy (non-hydrogen) atoms. The molecule has 0 aliphatic heterocycles. The second-order valence-electron chi connectivity index (χ2n) is 4.74. The van der Waals surface area contributed by atoms with E-state index in [2.05, 4.69) is 21.2 Å². The van der Waals surface area contributed by atoms with Gasteiger partial charge in [0.2, 0.25) is 0 Å². The van der Waals surface area contributed by atoms with E-state index in [1.807, 2.05) is 24.6 Å². The van der Waals surface area contributed by atoms with E-state index in [0.717, 1.165) is 30.3 Å². The highest BCUT2D eigenvalue weighted by atomic mass is 79.9. The van der Waals surface area contributed by atoms with Crippen LogP contribution in [0.3, 0.4) is 0 Å². The normalized spacial score (nSPS) is 12.2. The second kappa shape index (κ2) is 8.09. The standard InChI is InChI=1S/C14H21BrN2O3/c1-3-5-6-11(14(19)20)16-13(18)12-8-10(15)9-17(12)7-4-2/h8-9,11H,3-7H2,1-2H3,(H,16,18)(H,19,20)/t11-/m0/s1. The molecule has 0 aliphatic rings. The minimum atomic E-state index is -0.987. The maximum absolute atomic E-state index is 12.2. The Morgan fingerprint density at radius 1 is 1.40 bits per heavy atom. The number of carboxylic acids is 1. The van der Waals surface area contributed by atoms with Gasteiger partial charge in [-0.2, -0.15) is 0 Å². The largest absolute Gasteiger partial charge is 0.480 e. The minimum absolute atomic E-state index is 0.340. The van der Waals surface area contributed by atoms with E-state index in [9.17, 15) is 9.59 Å².